The predicted molar refractivity (Wildman–Crippen MR) is 81.7 cm³/mol. The number of rotatable bonds is 6. The topological polar surface area (TPSA) is 20.2 Å². The van der Waals surface area contributed by atoms with E-state index >= 15 is 0 Å². The van der Waals surface area contributed by atoms with Crippen LogP contribution in [0, 0.1) is 17.7 Å². The van der Waals surface area contributed by atoms with Crippen LogP contribution in [0.1, 0.15) is 46.1 Å². The molecule has 0 spiro atoms. The molecule has 19 heavy (non-hydrogen) atoms. The van der Waals surface area contributed by atoms with Crippen LogP contribution >= 0.6 is 15.9 Å². The van der Waals surface area contributed by atoms with Crippen molar-refractivity contribution in [1.29, 1.82) is 0 Å². The summed E-state index contributed by atoms with van der Waals surface area (Å²) >= 11 is 3.44. The highest BCUT2D eigenvalue weighted by atomic mass is 79.9. The predicted octanol–water partition coefficient (Wildman–Crippen LogP) is 4.95. The van der Waals surface area contributed by atoms with Gasteiger partial charge in [0.2, 0.25) is 0 Å². The average Bonchev–Trinajstić information content (AvgIpc) is 2.20. The van der Waals surface area contributed by atoms with Crippen LogP contribution in [0.25, 0.3) is 0 Å². The second-order valence-electron chi connectivity index (χ2n) is 6.33. The molecule has 0 atom stereocenters. The van der Waals surface area contributed by atoms with Crippen LogP contribution in [-0.2, 0) is 6.42 Å². The molecular formula is C16H24BrFO. The third kappa shape index (κ3) is 5.62. The van der Waals surface area contributed by atoms with E-state index in [9.17, 15) is 9.50 Å². The molecule has 1 N–H and O–H groups in total. The number of hydrogen-bond acceptors (Lipinski definition) is 1. The molecule has 0 aliphatic carbocycles. The van der Waals surface area contributed by atoms with Crippen molar-refractivity contribution >= 4 is 15.9 Å². The van der Waals surface area contributed by atoms with Crippen LogP contribution in [0.15, 0.2) is 22.7 Å². The lowest BCUT2D eigenvalue weighted by Gasteiger charge is -2.32. The second-order valence-corrected chi connectivity index (χ2v) is 7.19. The fourth-order valence-electron chi connectivity index (χ4n) is 2.78. The van der Waals surface area contributed by atoms with Gasteiger partial charge in [0.15, 0.2) is 0 Å². The minimum Gasteiger partial charge on any atom is -0.390 e. The van der Waals surface area contributed by atoms with Gasteiger partial charge in [0.25, 0.3) is 0 Å². The van der Waals surface area contributed by atoms with Gasteiger partial charge < -0.3 is 5.11 Å². The van der Waals surface area contributed by atoms with Crippen molar-refractivity contribution in [3.05, 3.63) is 34.1 Å². The van der Waals surface area contributed by atoms with Gasteiger partial charge in [-0.15, -0.1) is 0 Å². The van der Waals surface area contributed by atoms with Crippen LogP contribution in [0.3, 0.4) is 0 Å². The fourth-order valence-corrected chi connectivity index (χ4v) is 3.17. The number of hydrogen-bond donors (Lipinski definition) is 1. The molecular weight excluding hydrogens is 307 g/mol. The molecule has 1 aromatic carbocycles. The highest BCUT2D eigenvalue weighted by Gasteiger charge is 2.30. The minimum absolute atomic E-state index is 0.255. The van der Waals surface area contributed by atoms with E-state index in [1.54, 1.807) is 6.07 Å². The molecule has 1 rings (SSSR count). The van der Waals surface area contributed by atoms with Gasteiger partial charge in [0.05, 0.1) is 5.60 Å². The zero-order valence-electron chi connectivity index (χ0n) is 12.2. The molecule has 0 saturated carbocycles. The van der Waals surface area contributed by atoms with E-state index in [4.69, 9.17) is 0 Å². The molecule has 1 aromatic rings. The molecule has 0 heterocycles. The molecule has 0 fully saturated rings. The summed E-state index contributed by atoms with van der Waals surface area (Å²) in [7, 11) is 0. The van der Waals surface area contributed by atoms with Crippen LogP contribution in [0.5, 0.6) is 0 Å². The molecule has 1 nitrogen and oxygen atoms in total. The lowest BCUT2D eigenvalue weighted by molar-refractivity contribution is 0.000569. The number of aliphatic hydroxyl groups is 1. The molecule has 0 amide bonds. The molecule has 0 bridgehead atoms. The molecule has 0 aliphatic heterocycles. The van der Waals surface area contributed by atoms with Crippen molar-refractivity contribution in [2.45, 2.75) is 52.6 Å². The van der Waals surface area contributed by atoms with Crippen molar-refractivity contribution < 1.29 is 9.50 Å². The van der Waals surface area contributed by atoms with E-state index < -0.39 is 5.60 Å². The van der Waals surface area contributed by atoms with Crippen molar-refractivity contribution in [3.8, 4) is 0 Å². The Morgan fingerprint density at radius 2 is 1.68 bits per heavy atom. The molecule has 108 valence electrons. The van der Waals surface area contributed by atoms with Gasteiger partial charge in [-0.25, -0.2) is 4.39 Å². The first-order valence-corrected chi connectivity index (χ1v) is 7.67. The van der Waals surface area contributed by atoms with Gasteiger partial charge in [-0.3, -0.25) is 0 Å². The molecule has 0 saturated heterocycles. The standard InChI is InChI=1S/C16H24BrFO/c1-11(2)8-16(19,9-12(3)4)10-13-7-14(18)5-6-15(13)17/h5-7,11-12,19H,8-10H2,1-4H3. The molecule has 0 aliphatic rings. The Hall–Kier alpha value is -0.410. The maximum absolute atomic E-state index is 13.3. The van der Waals surface area contributed by atoms with Crippen LogP contribution < -0.4 is 0 Å². The summed E-state index contributed by atoms with van der Waals surface area (Å²) in [5.74, 6) is 0.571. The van der Waals surface area contributed by atoms with E-state index in [0.29, 0.717) is 18.3 Å². The van der Waals surface area contributed by atoms with Gasteiger partial charge in [-0.05, 0) is 48.4 Å². The SMILES string of the molecule is CC(C)CC(O)(Cc1cc(F)ccc1Br)CC(C)C. The van der Waals surface area contributed by atoms with E-state index in [2.05, 4.69) is 43.6 Å². The highest BCUT2D eigenvalue weighted by Crippen LogP contribution is 2.31. The van der Waals surface area contributed by atoms with Crippen LogP contribution in [0.4, 0.5) is 4.39 Å². The van der Waals surface area contributed by atoms with E-state index in [-0.39, 0.29) is 5.82 Å². The van der Waals surface area contributed by atoms with E-state index in [1.165, 1.54) is 12.1 Å². The Bertz CT molecular complexity index is 405. The van der Waals surface area contributed by atoms with Crippen LogP contribution in [-0.4, -0.2) is 10.7 Å². The molecule has 0 aromatic heterocycles. The number of halogens is 2. The first kappa shape index (κ1) is 16.6. The third-order valence-corrected chi connectivity index (χ3v) is 3.88. The summed E-state index contributed by atoms with van der Waals surface area (Å²) in [4.78, 5) is 0. The average molecular weight is 331 g/mol. The van der Waals surface area contributed by atoms with Gasteiger partial charge in [0.1, 0.15) is 5.82 Å². The monoisotopic (exact) mass is 330 g/mol. The second kappa shape index (κ2) is 6.85. The first-order valence-electron chi connectivity index (χ1n) is 6.88. The quantitative estimate of drug-likeness (QED) is 0.782. The van der Waals surface area contributed by atoms with Crippen molar-refractivity contribution in [2.24, 2.45) is 11.8 Å². The zero-order chi connectivity index (χ0) is 14.6. The largest absolute Gasteiger partial charge is 0.390 e. The summed E-state index contributed by atoms with van der Waals surface area (Å²) in [5, 5.41) is 10.9. The lowest BCUT2D eigenvalue weighted by Crippen LogP contribution is -2.35. The molecule has 0 unspecified atom stereocenters. The summed E-state index contributed by atoms with van der Waals surface area (Å²) in [6, 6.07) is 4.64. The summed E-state index contributed by atoms with van der Waals surface area (Å²) in [5.41, 5.74) is 0.0716. The van der Waals surface area contributed by atoms with Crippen molar-refractivity contribution in [3.63, 3.8) is 0 Å². The van der Waals surface area contributed by atoms with Crippen molar-refractivity contribution in [1.82, 2.24) is 0 Å². The maximum atomic E-state index is 13.3. The maximum Gasteiger partial charge on any atom is 0.123 e. The van der Waals surface area contributed by atoms with E-state index in [1.807, 2.05) is 0 Å². The normalized spacial score (nSPS) is 12.5. The zero-order valence-corrected chi connectivity index (χ0v) is 13.8. The highest BCUT2D eigenvalue weighted by molar-refractivity contribution is 9.10. The van der Waals surface area contributed by atoms with Crippen molar-refractivity contribution in [2.75, 3.05) is 0 Å². The Balaban J connectivity index is 2.96. The Morgan fingerprint density at radius 3 is 2.16 bits per heavy atom. The summed E-state index contributed by atoms with van der Waals surface area (Å²) < 4.78 is 14.2. The van der Waals surface area contributed by atoms with Crippen LogP contribution in [0.2, 0.25) is 0 Å². The lowest BCUT2D eigenvalue weighted by atomic mass is 9.80. The summed E-state index contributed by atoms with van der Waals surface area (Å²) in [6.45, 7) is 8.41. The van der Waals surface area contributed by atoms with Gasteiger partial charge in [-0.1, -0.05) is 43.6 Å². The third-order valence-electron chi connectivity index (χ3n) is 3.10. The Labute approximate surface area is 124 Å². The molecule has 3 heteroatoms. The summed E-state index contributed by atoms with van der Waals surface area (Å²) in [6.07, 6.45) is 1.95. The fraction of sp³-hybridized carbons (Fsp3) is 0.625. The minimum atomic E-state index is -0.765. The Morgan fingerprint density at radius 1 is 1.16 bits per heavy atom. The number of benzene rings is 1. The Kier molecular flexibility index (Phi) is 6.00. The smallest absolute Gasteiger partial charge is 0.123 e. The van der Waals surface area contributed by atoms with Gasteiger partial charge >= 0.3 is 0 Å². The van der Waals surface area contributed by atoms with E-state index in [0.717, 1.165) is 22.9 Å². The van der Waals surface area contributed by atoms with Gasteiger partial charge in [0, 0.05) is 10.9 Å². The first-order chi connectivity index (χ1) is 8.72. The molecule has 0 radical (unpaired) electrons. The van der Waals surface area contributed by atoms with Gasteiger partial charge in [-0.2, -0.15) is 0 Å².